The Labute approximate surface area is 92.3 Å². The fraction of sp³-hybridized carbons (Fsp3) is 0.273. The van der Waals surface area contributed by atoms with E-state index in [0.29, 0.717) is 0 Å². The fourth-order valence-electron chi connectivity index (χ4n) is 1.53. The van der Waals surface area contributed by atoms with Crippen molar-refractivity contribution < 1.29 is 4.74 Å². The van der Waals surface area contributed by atoms with Gasteiger partial charge in [-0.25, -0.2) is 0 Å². The van der Waals surface area contributed by atoms with Crippen molar-refractivity contribution in [3.05, 3.63) is 28.8 Å². The fourth-order valence-corrected chi connectivity index (χ4v) is 2.74. The monoisotopic (exact) mass is 226 g/mol. The molecule has 3 heteroatoms. The van der Waals surface area contributed by atoms with Gasteiger partial charge in [0.2, 0.25) is 0 Å². The molecule has 0 aliphatic carbocycles. The molecule has 0 unspecified atom stereocenters. The third kappa shape index (κ3) is 1.49. The molecule has 0 atom stereocenters. The quantitative estimate of drug-likeness (QED) is 0.749. The SMILES string of the molecule is CCc1ccc(Cl)c2sc(OC)cc12. The van der Waals surface area contributed by atoms with Gasteiger partial charge in [0.15, 0.2) is 5.06 Å². The molecule has 0 radical (unpaired) electrons. The van der Waals surface area contributed by atoms with Gasteiger partial charge in [0.1, 0.15) is 0 Å². The van der Waals surface area contributed by atoms with E-state index in [2.05, 4.69) is 19.1 Å². The number of fused-ring (bicyclic) bond motifs is 1. The van der Waals surface area contributed by atoms with E-state index in [4.69, 9.17) is 16.3 Å². The smallest absolute Gasteiger partial charge is 0.174 e. The molecule has 0 saturated carbocycles. The van der Waals surface area contributed by atoms with Crippen molar-refractivity contribution in [2.75, 3.05) is 7.11 Å². The van der Waals surface area contributed by atoms with Gasteiger partial charge >= 0.3 is 0 Å². The van der Waals surface area contributed by atoms with Crippen molar-refractivity contribution in [3.63, 3.8) is 0 Å². The maximum Gasteiger partial charge on any atom is 0.174 e. The molecule has 0 amide bonds. The Hall–Kier alpha value is -0.730. The molecule has 0 N–H and O–H groups in total. The molecule has 0 bridgehead atoms. The lowest BCUT2D eigenvalue weighted by atomic mass is 10.1. The molecule has 0 spiro atoms. The summed E-state index contributed by atoms with van der Waals surface area (Å²) in [5, 5.41) is 2.95. The van der Waals surface area contributed by atoms with E-state index in [1.807, 2.05) is 6.07 Å². The van der Waals surface area contributed by atoms with E-state index in [9.17, 15) is 0 Å². The van der Waals surface area contributed by atoms with Gasteiger partial charge < -0.3 is 4.74 Å². The van der Waals surface area contributed by atoms with Crippen molar-refractivity contribution in [3.8, 4) is 5.06 Å². The van der Waals surface area contributed by atoms with Crippen LogP contribution in [0.25, 0.3) is 10.1 Å². The number of thiophene rings is 1. The Balaban J connectivity index is 2.74. The standard InChI is InChI=1S/C11H11ClOS/c1-3-7-4-5-9(12)11-8(7)6-10(13-2)14-11/h4-6H,3H2,1-2H3. The van der Waals surface area contributed by atoms with Crippen molar-refractivity contribution in [1.29, 1.82) is 0 Å². The first kappa shape index (κ1) is 9.81. The summed E-state index contributed by atoms with van der Waals surface area (Å²) in [5.41, 5.74) is 1.32. The van der Waals surface area contributed by atoms with Crippen LogP contribution in [-0.4, -0.2) is 7.11 Å². The third-order valence-electron chi connectivity index (χ3n) is 2.29. The second-order valence-corrected chi connectivity index (χ2v) is 4.49. The summed E-state index contributed by atoms with van der Waals surface area (Å²) in [6.07, 6.45) is 1.02. The second-order valence-electron chi connectivity index (χ2n) is 3.07. The number of hydrogen-bond donors (Lipinski definition) is 0. The lowest BCUT2D eigenvalue weighted by molar-refractivity contribution is 0.427. The molecular weight excluding hydrogens is 216 g/mol. The van der Waals surface area contributed by atoms with Gasteiger partial charge in [-0.2, -0.15) is 0 Å². The minimum atomic E-state index is 0.811. The summed E-state index contributed by atoms with van der Waals surface area (Å²) >= 11 is 7.71. The topological polar surface area (TPSA) is 9.23 Å². The van der Waals surface area contributed by atoms with Crippen molar-refractivity contribution in [1.82, 2.24) is 0 Å². The summed E-state index contributed by atoms with van der Waals surface area (Å²) < 4.78 is 6.34. The highest BCUT2D eigenvalue weighted by Gasteiger charge is 2.08. The zero-order valence-corrected chi connectivity index (χ0v) is 9.71. The molecule has 74 valence electrons. The molecule has 1 aromatic heterocycles. The summed E-state index contributed by atoms with van der Waals surface area (Å²) in [6.45, 7) is 2.15. The van der Waals surface area contributed by atoms with E-state index >= 15 is 0 Å². The summed E-state index contributed by atoms with van der Waals surface area (Å²) in [6, 6.07) is 6.10. The van der Waals surface area contributed by atoms with Crippen molar-refractivity contribution >= 4 is 33.0 Å². The summed E-state index contributed by atoms with van der Waals surface area (Å²) in [4.78, 5) is 0. The first-order valence-electron chi connectivity index (χ1n) is 4.51. The predicted molar refractivity (Wildman–Crippen MR) is 62.8 cm³/mol. The van der Waals surface area contributed by atoms with Crippen LogP contribution in [0, 0.1) is 0 Å². The Morgan fingerprint density at radius 3 is 2.86 bits per heavy atom. The summed E-state index contributed by atoms with van der Waals surface area (Å²) in [5.74, 6) is 0. The molecule has 0 aliphatic heterocycles. The maximum absolute atomic E-state index is 6.11. The molecule has 0 saturated heterocycles. The number of aryl methyl sites for hydroxylation is 1. The van der Waals surface area contributed by atoms with Gasteiger partial charge in [0.25, 0.3) is 0 Å². The van der Waals surface area contributed by atoms with E-state index in [0.717, 1.165) is 21.2 Å². The summed E-state index contributed by atoms with van der Waals surface area (Å²) in [7, 11) is 1.68. The molecule has 0 fully saturated rings. The van der Waals surface area contributed by atoms with Crippen LogP contribution in [0.5, 0.6) is 5.06 Å². The van der Waals surface area contributed by atoms with Gasteiger partial charge in [-0.05, 0) is 24.1 Å². The minimum absolute atomic E-state index is 0.811. The molecule has 2 rings (SSSR count). The number of rotatable bonds is 2. The molecule has 14 heavy (non-hydrogen) atoms. The van der Waals surface area contributed by atoms with Gasteiger partial charge in [0, 0.05) is 5.39 Å². The average Bonchev–Trinajstić information content (AvgIpc) is 2.63. The van der Waals surface area contributed by atoms with Crippen molar-refractivity contribution in [2.45, 2.75) is 13.3 Å². The third-order valence-corrected chi connectivity index (χ3v) is 3.84. The molecular formula is C11H11ClOS. The Morgan fingerprint density at radius 2 is 2.21 bits per heavy atom. The molecule has 2 aromatic rings. The lowest BCUT2D eigenvalue weighted by Gasteiger charge is -1.99. The Morgan fingerprint density at radius 1 is 1.43 bits per heavy atom. The van der Waals surface area contributed by atoms with Gasteiger partial charge in [-0.15, -0.1) is 0 Å². The first-order chi connectivity index (χ1) is 6.76. The Kier molecular flexibility index (Phi) is 2.66. The van der Waals surface area contributed by atoms with Crippen LogP contribution in [0.2, 0.25) is 5.02 Å². The highest BCUT2D eigenvalue weighted by atomic mass is 35.5. The zero-order chi connectivity index (χ0) is 10.1. The Bertz CT molecular complexity index is 462. The zero-order valence-electron chi connectivity index (χ0n) is 8.13. The second kappa shape index (κ2) is 3.79. The van der Waals surface area contributed by atoms with Crippen LogP contribution in [0.3, 0.4) is 0 Å². The highest BCUT2D eigenvalue weighted by Crippen LogP contribution is 2.38. The van der Waals surface area contributed by atoms with Crippen LogP contribution in [0.4, 0.5) is 0 Å². The van der Waals surface area contributed by atoms with Crippen molar-refractivity contribution in [2.24, 2.45) is 0 Å². The van der Waals surface area contributed by atoms with Crippen LogP contribution in [0.1, 0.15) is 12.5 Å². The van der Waals surface area contributed by atoms with Crippen LogP contribution in [0.15, 0.2) is 18.2 Å². The number of benzene rings is 1. The number of methoxy groups -OCH3 is 1. The van der Waals surface area contributed by atoms with Gasteiger partial charge in [-0.1, -0.05) is 35.9 Å². The van der Waals surface area contributed by atoms with Gasteiger partial charge in [0.05, 0.1) is 16.8 Å². The molecule has 1 nitrogen and oxygen atoms in total. The highest BCUT2D eigenvalue weighted by molar-refractivity contribution is 7.21. The number of ether oxygens (including phenoxy) is 1. The lowest BCUT2D eigenvalue weighted by Crippen LogP contribution is -1.80. The minimum Gasteiger partial charge on any atom is -0.487 e. The average molecular weight is 227 g/mol. The normalized spacial score (nSPS) is 10.8. The number of halogens is 1. The van der Waals surface area contributed by atoms with E-state index < -0.39 is 0 Å². The van der Waals surface area contributed by atoms with E-state index in [1.54, 1.807) is 18.4 Å². The van der Waals surface area contributed by atoms with E-state index in [-0.39, 0.29) is 0 Å². The van der Waals surface area contributed by atoms with E-state index in [1.165, 1.54) is 10.9 Å². The van der Waals surface area contributed by atoms with Crippen LogP contribution < -0.4 is 4.74 Å². The molecule has 1 heterocycles. The van der Waals surface area contributed by atoms with Gasteiger partial charge in [-0.3, -0.25) is 0 Å². The molecule has 0 aliphatic rings. The molecule has 1 aromatic carbocycles. The van der Waals surface area contributed by atoms with Crippen LogP contribution in [-0.2, 0) is 6.42 Å². The first-order valence-corrected chi connectivity index (χ1v) is 5.70. The predicted octanol–water partition coefficient (Wildman–Crippen LogP) is 4.13. The number of hydrogen-bond acceptors (Lipinski definition) is 2. The maximum atomic E-state index is 6.11. The van der Waals surface area contributed by atoms with Crippen LogP contribution >= 0.6 is 22.9 Å². The largest absolute Gasteiger partial charge is 0.487 e.